The molecule has 1 aromatic rings. The van der Waals surface area contributed by atoms with Crippen LogP contribution in [0.15, 0.2) is 18.3 Å². The zero-order valence-electron chi connectivity index (χ0n) is 11.1. The Morgan fingerprint density at radius 2 is 2.33 bits per heavy atom. The molecule has 5 heteroatoms. The van der Waals surface area contributed by atoms with E-state index in [1.165, 1.54) is 0 Å². The van der Waals surface area contributed by atoms with Gasteiger partial charge >= 0.3 is 5.97 Å². The average Bonchev–Trinajstić information content (AvgIpc) is 2.39. The van der Waals surface area contributed by atoms with Gasteiger partial charge in [0.05, 0.1) is 19.6 Å². The number of carbonyl (C=O) groups excluding carboxylic acids is 1. The van der Waals surface area contributed by atoms with Gasteiger partial charge in [0.1, 0.15) is 0 Å². The molecule has 0 spiro atoms. The lowest BCUT2D eigenvalue weighted by Crippen LogP contribution is -2.27. The van der Waals surface area contributed by atoms with E-state index in [4.69, 9.17) is 9.47 Å². The summed E-state index contributed by atoms with van der Waals surface area (Å²) in [6.07, 6.45) is 1.68. The Balaban J connectivity index is 2.39. The first-order chi connectivity index (χ1) is 8.69. The van der Waals surface area contributed by atoms with Crippen molar-refractivity contribution in [1.82, 2.24) is 10.3 Å². The molecule has 0 fully saturated rings. The Bertz CT molecular complexity index is 382. The third kappa shape index (κ3) is 4.33. The second-order valence-corrected chi connectivity index (χ2v) is 3.96. The lowest BCUT2D eigenvalue weighted by Gasteiger charge is -2.12. The van der Waals surface area contributed by atoms with Crippen molar-refractivity contribution in [3.63, 3.8) is 0 Å². The van der Waals surface area contributed by atoms with Crippen LogP contribution in [-0.4, -0.2) is 31.2 Å². The Hall–Kier alpha value is -1.62. The van der Waals surface area contributed by atoms with Crippen molar-refractivity contribution in [1.29, 1.82) is 0 Å². The first-order valence-corrected chi connectivity index (χ1v) is 6.04. The van der Waals surface area contributed by atoms with Gasteiger partial charge in [-0.15, -0.1) is 0 Å². The molecule has 5 nitrogen and oxygen atoms in total. The molecule has 1 aromatic heterocycles. The Kier molecular flexibility index (Phi) is 6.14. The number of hydrogen-bond acceptors (Lipinski definition) is 5. The van der Waals surface area contributed by atoms with Gasteiger partial charge < -0.3 is 14.8 Å². The standard InChI is InChI=1S/C13H20N2O3/c1-4-18-13(16)10(2)8-14-9-11-6-5-7-15-12(11)17-3/h5-7,10,14H,4,8-9H2,1-3H3. The molecule has 1 N–H and O–H groups in total. The number of pyridine rings is 1. The molecule has 0 bridgehead atoms. The van der Waals surface area contributed by atoms with Crippen molar-refractivity contribution < 1.29 is 14.3 Å². The predicted octanol–water partition coefficient (Wildman–Crippen LogP) is 1.38. The molecule has 1 unspecified atom stereocenters. The van der Waals surface area contributed by atoms with Crippen molar-refractivity contribution in [3.05, 3.63) is 23.9 Å². The quantitative estimate of drug-likeness (QED) is 0.743. The molecule has 0 aliphatic heterocycles. The van der Waals surface area contributed by atoms with E-state index >= 15 is 0 Å². The summed E-state index contributed by atoms with van der Waals surface area (Å²) < 4.78 is 10.1. The van der Waals surface area contributed by atoms with Gasteiger partial charge in [0.25, 0.3) is 0 Å². The lowest BCUT2D eigenvalue weighted by molar-refractivity contribution is -0.147. The third-order valence-corrected chi connectivity index (χ3v) is 2.50. The molecule has 0 aliphatic carbocycles. The Morgan fingerprint density at radius 1 is 1.56 bits per heavy atom. The van der Waals surface area contributed by atoms with Crippen LogP contribution in [-0.2, 0) is 16.1 Å². The van der Waals surface area contributed by atoms with E-state index in [1.807, 2.05) is 19.1 Å². The van der Waals surface area contributed by atoms with Gasteiger partial charge in [-0.3, -0.25) is 4.79 Å². The zero-order valence-corrected chi connectivity index (χ0v) is 11.1. The van der Waals surface area contributed by atoms with Crippen LogP contribution in [0.3, 0.4) is 0 Å². The van der Waals surface area contributed by atoms with E-state index in [1.54, 1.807) is 20.2 Å². The van der Waals surface area contributed by atoms with Gasteiger partial charge in [-0.25, -0.2) is 4.98 Å². The molecule has 0 saturated heterocycles. The van der Waals surface area contributed by atoms with E-state index in [-0.39, 0.29) is 11.9 Å². The normalized spacial score (nSPS) is 11.9. The van der Waals surface area contributed by atoms with E-state index in [2.05, 4.69) is 10.3 Å². The van der Waals surface area contributed by atoms with E-state index in [9.17, 15) is 4.79 Å². The number of aromatic nitrogens is 1. The van der Waals surface area contributed by atoms with Crippen LogP contribution in [0.4, 0.5) is 0 Å². The Morgan fingerprint density at radius 3 is 3.00 bits per heavy atom. The van der Waals surface area contributed by atoms with Crippen molar-refractivity contribution in [2.45, 2.75) is 20.4 Å². The fourth-order valence-corrected chi connectivity index (χ4v) is 1.53. The minimum atomic E-state index is -0.178. The number of nitrogens with one attached hydrogen (secondary N) is 1. The van der Waals surface area contributed by atoms with Crippen molar-refractivity contribution in [2.24, 2.45) is 5.92 Å². The number of ether oxygens (including phenoxy) is 2. The Labute approximate surface area is 108 Å². The van der Waals surface area contributed by atoms with Gasteiger partial charge in [-0.1, -0.05) is 13.0 Å². The largest absolute Gasteiger partial charge is 0.481 e. The molecule has 0 aromatic carbocycles. The average molecular weight is 252 g/mol. The molecule has 1 heterocycles. The van der Waals surface area contributed by atoms with Gasteiger partial charge in [0.2, 0.25) is 5.88 Å². The molecule has 18 heavy (non-hydrogen) atoms. The first kappa shape index (κ1) is 14.4. The maximum absolute atomic E-state index is 11.4. The van der Waals surface area contributed by atoms with Crippen molar-refractivity contribution in [3.8, 4) is 5.88 Å². The summed E-state index contributed by atoms with van der Waals surface area (Å²) in [5, 5.41) is 3.19. The summed E-state index contributed by atoms with van der Waals surface area (Å²) >= 11 is 0. The van der Waals surface area contributed by atoms with Crippen LogP contribution in [0.5, 0.6) is 5.88 Å². The monoisotopic (exact) mass is 252 g/mol. The summed E-state index contributed by atoms with van der Waals surface area (Å²) in [4.78, 5) is 15.5. The van der Waals surface area contributed by atoms with Gasteiger partial charge in [-0.05, 0) is 13.0 Å². The number of hydrogen-bond donors (Lipinski definition) is 1. The summed E-state index contributed by atoms with van der Waals surface area (Å²) in [6, 6.07) is 3.79. The molecule has 1 atom stereocenters. The molecule has 0 amide bonds. The predicted molar refractivity (Wildman–Crippen MR) is 68.3 cm³/mol. The van der Waals surface area contributed by atoms with E-state index in [0.29, 0.717) is 25.6 Å². The number of esters is 1. The highest BCUT2D eigenvalue weighted by atomic mass is 16.5. The smallest absolute Gasteiger partial charge is 0.309 e. The minimum absolute atomic E-state index is 0.160. The van der Waals surface area contributed by atoms with Crippen LogP contribution >= 0.6 is 0 Å². The number of rotatable bonds is 7. The highest BCUT2D eigenvalue weighted by Crippen LogP contribution is 2.12. The fourth-order valence-electron chi connectivity index (χ4n) is 1.53. The minimum Gasteiger partial charge on any atom is -0.481 e. The van der Waals surface area contributed by atoms with Crippen molar-refractivity contribution in [2.75, 3.05) is 20.3 Å². The topological polar surface area (TPSA) is 60.5 Å². The number of methoxy groups -OCH3 is 1. The van der Waals surface area contributed by atoms with Gasteiger partial charge in [-0.2, -0.15) is 0 Å². The molecular formula is C13H20N2O3. The lowest BCUT2D eigenvalue weighted by atomic mass is 10.2. The molecule has 100 valence electrons. The van der Waals surface area contributed by atoms with Crippen molar-refractivity contribution >= 4 is 5.97 Å². The number of carbonyl (C=O) groups is 1. The van der Waals surface area contributed by atoms with Crippen LogP contribution in [0.2, 0.25) is 0 Å². The van der Waals surface area contributed by atoms with Gasteiger partial charge in [0.15, 0.2) is 0 Å². The summed E-state index contributed by atoms with van der Waals surface area (Å²) in [5.41, 5.74) is 0.969. The summed E-state index contributed by atoms with van der Waals surface area (Å²) in [7, 11) is 1.59. The van der Waals surface area contributed by atoms with E-state index < -0.39 is 0 Å². The van der Waals surface area contributed by atoms with Crippen LogP contribution < -0.4 is 10.1 Å². The maximum Gasteiger partial charge on any atom is 0.309 e. The molecule has 1 rings (SSSR count). The first-order valence-electron chi connectivity index (χ1n) is 6.04. The van der Waals surface area contributed by atoms with E-state index in [0.717, 1.165) is 5.56 Å². The van der Waals surface area contributed by atoms with Gasteiger partial charge in [0, 0.05) is 24.8 Å². The number of nitrogens with zero attached hydrogens (tertiary/aromatic N) is 1. The molecule has 0 aliphatic rings. The SMILES string of the molecule is CCOC(=O)C(C)CNCc1cccnc1OC. The fraction of sp³-hybridized carbons (Fsp3) is 0.538. The maximum atomic E-state index is 11.4. The third-order valence-electron chi connectivity index (χ3n) is 2.50. The van der Waals surface area contributed by atoms with Crippen LogP contribution in [0.1, 0.15) is 19.4 Å². The molecular weight excluding hydrogens is 232 g/mol. The second kappa shape index (κ2) is 7.66. The van der Waals surface area contributed by atoms with Crippen LogP contribution in [0.25, 0.3) is 0 Å². The van der Waals surface area contributed by atoms with Crippen LogP contribution in [0, 0.1) is 5.92 Å². The highest BCUT2D eigenvalue weighted by molar-refractivity contribution is 5.72. The zero-order chi connectivity index (χ0) is 13.4. The summed E-state index contributed by atoms with van der Waals surface area (Å²) in [6.45, 7) is 5.24. The molecule has 0 saturated carbocycles. The molecule has 0 radical (unpaired) electrons. The highest BCUT2D eigenvalue weighted by Gasteiger charge is 2.13. The summed E-state index contributed by atoms with van der Waals surface area (Å²) in [5.74, 6) is 0.268. The second-order valence-electron chi connectivity index (χ2n) is 3.96.